The molecule has 0 atom stereocenters. The molecule has 6 heteroatoms. The Kier molecular flexibility index (Phi) is 4.21. The van der Waals surface area contributed by atoms with Crippen LogP contribution in [0.1, 0.15) is 52.7 Å². The molecule has 2 aliphatic rings. The molecule has 2 heterocycles. The van der Waals surface area contributed by atoms with Crippen molar-refractivity contribution in [3.05, 3.63) is 11.8 Å². The first-order valence-corrected chi connectivity index (χ1v) is 10.2. The van der Waals surface area contributed by atoms with E-state index >= 15 is 0 Å². The number of anilines is 1. The van der Waals surface area contributed by atoms with E-state index in [1.165, 1.54) is 19.3 Å². The number of nitrogens with one attached hydrogen (secondary N) is 1. The standard InChI is InChI=1S/C18H26N2O3S/c1-17(2,12-21)14-10-15(20-23-14)19-16(22)18(3,4)24(8-9-24)11-13-6-5-7-13/h10,13,21H,5-7,11-12H2,1-4H3,(H,19,20,22). The lowest BCUT2D eigenvalue weighted by atomic mass is 9.87. The highest BCUT2D eigenvalue weighted by Gasteiger charge is 2.40. The molecule has 1 aliphatic carbocycles. The van der Waals surface area contributed by atoms with Gasteiger partial charge in [0.05, 0.1) is 11.4 Å². The number of nitrogens with zero attached hydrogens (tertiary/aromatic N) is 1. The van der Waals surface area contributed by atoms with Gasteiger partial charge < -0.3 is 14.9 Å². The first-order valence-electron chi connectivity index (χ1n) is 8.44. The van der Waals surface area contributed by atoms with Crippen molar-refractivity contribution in [1.29, 1.82) is 0 Å². The molecule has 1 aromatic heterocycles. The van der Waals surface area contributed by atoms with E-state index in [0.29, 0.717) is 11.6 Å². The first-order chi connectivity index (χ1) is 11.2. The molecule has 1 fully saturated rings. The van der Waals surface area contributed by atoms with Crippen molar-refractivity contribution in [2.24, 2.45) is 5.92 Å². The van der Waals surface area contributed by atoms with E-state index in [1.54, 1.807) is 6.07 Å². The molecule has 24 heavy (non-hydrogen) atoms. The number of aliphatic hydroxyl groups excluding tert-OH is 1. The third-order valence-electron chi connectivity index (χ3n) is 5.29. The molecule has 0 radical (unpaired) electrons. The SMILES string of the molecule is CC(C)(CO)c1cc(NC(=O)C(C)(C)S2(CC3CCC3)=C=C=2)no1. The van der Waals surface area contributed by atoms with Crippen molar-refractivity contribution >= 4 is 31.0 Å². The minimum atomic E-state index is -1.33. The Hall–Kier alpha value is -1.45. The normalized spacial score (nSPS) is 19.2. The fourth-order valence-corrected chi connectivity index (χ4v) is 5.67. The highest BCUT2D eigenvalue weighted by Crippen LogP contribution is 2.47. The highest BCUT2D eigenvalue weighted by molar-refractivity contribution is 8.36. The van der Waals surface area contributed by atoms with E-state index in [9.17, 15) is 9.90 Å². The zero-order valence-electron chi connectivity index (χ0n) is 14.8. The van der Waals surface area contributed by atoms with Crippen molar-refractivity contribution in [3.8, 4) is 0 Å². The second-order valence-corrected chi connectivity index (χ2v) is 11.2. The maximum atomic E-state index is 12.8. The monoisotopic (exact) mass is 350 g/mol. The second-order valence-electron chi connectivity index (χ2n) is 7.99. The molecule has 0 unspecified atom stereocenters. The lowest BCUT2D eigenvalue weighted by Gasteiger charge is -2.33. The topological polar surface area (TPSA) is 75.4 Å². The minimum Gasteiger partial charge on any atom is -0.395 e. The number of hydrogen-bond donors (Lipinski definition) is 2. The van der Waals surface area contributed by atoms with E-state index in [-0.39, 0.29) is 12.5 Å². The number of carbonyl (C=O) groups excluding carboxylic acids is 1. The number of hydrogen-bond acceptors (Lipinski definition) is 4. The van der Waals surface area contributed by atoms with Gasteiger partial charge in [-0.1, -0.05) is 34.6 Å². The van der Waals surface area contributed by atoms with Crippen LogP contribution < -0.4 is 5.32 Å². The van der Waals surface area contributed by atoms with Gasteiger partial charge in [0, 0.05) is 17.2 Å². The molecular formula is C18H26N2O3S. The molecule has 0 bridgehead atoms. The summed E-state index contributed by atoms with van der Waals surface area (Å²) < 4.78 is 4.73. The Morgan fingerprint density at radius 1 is 1.42 bits per heavy atom. The molecule has 2 N–H and O–H groups in total. The van der Waals surface area contributed by atoms with Crippen LogP contribution in [0.3, 0.4) is 0 Å². The molecule has 0 aromatic carbocycles. The van der Waals surface area contributed by atoms with Crippen molar-refractivity contribution in [1.82, 2.24) is 5.16 Å². The average molecular weight is 350 g/mol. The molecule has 0 saturated heterocycles. The zero-order valence-corrected chi connectivity index (χ0v) is 15.6. The molecule has 5 nitrogen and oxygen atoms in total. The van der Waals surface area contributed by atoms with Crippen LogP contribution >= 0.6 is 9.21 Å². The highest BCUT2D eigenvalue weighted by atomic mass is 32.2. The zero-order chi connectivity index (χ0) is 17.6. The number of aromatic nitrogens is 1. The molecule has 132 valence electrons. The summed E-state index contributed by atoms with van der Waals surface area (Å²) in [6, 6.07) is 1.69. The number of carbonyl (C=O) groups is 1. The fraction of sp³-hybridized carbons (Fsp3) is 0.667. The lowest BCUT2D eigenvalue weighted by Crippen LogP contribution is -2.38. The van der Waals surface area contributed by atoms with Crippen LogP contribution in [0.2, 0.25) is 0 Å². The summed E-state index contributed by atoms with van der Waals surface area (Å²) in [4.78, 5) is 12.8. The lowest BCUT2D eigenvalue weighted by molar-refractivity contribution is -0.117. The van der Waals surface area contributed by atoms with E-state index in [0.717, 1.165) is 11.7 Å². The summed E-state index contributed by atoms with van der Waals surface area (Å²) in [6.45, 7) is 7.62. The maximum Gasteiger partial charge on any atom is 0.241 e. The molecule has 1 amide bonds. The van der Waals surface area contributed by atoms with Crippen molar-refractivity contribution in [3.63, 3.8) is 0 Å². The molecule has 1 aromatic rings. The van der Waals surface area contributed by atoms with Gasteiger partial charge in [-0.15, -0.1) is 0 Å². The van der Waals surface area contributed by atoms with Gasteiger partial charge in [0.15, 0.2) is 5.82 Å². The largest absolute Gasteiger partial charge is 0.395 e. The second kappa shape index (κ2) is 5.82. The van der Waals surface area contributed by atoms with Gasteiger partial charge in [0.1, 0.15) is 5.76 Å². The minimum absolute atomic E-state index is 0.0520. The van der Waals surface area contributed by atoms with Gasteiger partial charge in [-0.05, 0) is 42.7 Å². The molecule has 1 aliphatic heterocycles. The van der Waals surface area contributed by atoms with Gasteiger partial charge in [-0.2, -0.15) is 0 Å². The van der Waals surface area contributed by atoms with Crippen LogP contribution in [0, 0.1) is 5.92 Å². The summed E-state index contributed by atoms with van der Waals surface area (Å²) in [5, 5.41) is 22.8. The Morgan fingerprint density at radius 3 is 2.58 bits per heavy atom. The summed E-state index contributed by atoms with van der Waals surface area (Å²) in [5.74, 6) is 2.63. The maximum absolute atomic E-state index is 12.8. The molecule has 0 spiro atoms. The molecule has 1 saturated carbocycles. The number of amides is 1. The summed E-state index contributed by atoms with van der Waals surface area (Å²) in [6.07, 6.45) is 3.83. The van der Waals surface area contributed by atoms with Gasteiger partial charge in [-0.25, -0.2) is 0 Å². The van der Waals surface area contributed by atoms with Crippen molar-refractivity contribution in [2.45, 2.75) is 57.1 Å². The van der Waals surface area contributed by atoms with E-state index in [2.05, 4.69) is 20.5 Å². The van der Waals surface area contributed by atoms with E-state index < -0.39 is 19.4 Å². The van der Waals surface area contributed by atoms with Crippen LogP contribution in [-0.4, -0.2) is 43.3 Å². The van der Waals surface area contributed by atoms with Crippen LogP contribution in [0.5, 0.6) is 0 Å². The quantitative estimate of drug-likeness (QED) is 0.741. The summed E-state index contributed by atoms with van der Waals surface area (Å²) in [5.41, 5.74) is -0.526. The van der Waals surface area contributed by atoms with E-state index in [4.69, 9.17) is 4.52 Å². The fourth-order valence-electron chi connectivity index (χ4n) is 2.77. The van der Waals surface area contributed by atoms with Crippen LogP contribution in [0.25, 0.3) is 0 Å². The Balaban J connectivity index is 1.71. The van der Waals surface area contributed by atoms with Crippen LogP contribution in [-0.2, 0) is 10.2 Å². The average Bonchev–Trinajstić information content (AvgIpc) is 3.14. The van der Waals surface area contributed by atoms with Crippen molar-refractivity contribution < 1.29 is 14.4 Å². The summed E-state index contributed by atoms with van der Waals surface area (Å²) >= 11 is 0. The molecular weight excluding hydrogens is 324 g/mol. The van der Waals surface area contributed by atoms with Crippen molar-refractivity contribution in [2.75, 3.05) is 17.7 Å². The van der Waals surface area contributed by atoms with Crippen LogP contribution in [0.4, 0.5) is 5.82 Å². The third-order valence-corrected chi connectivity index (χ3v) is 8.89. The molecule has 3 rings (SSSR count). The van der Waals surface area contributed by atoms with Gasteiger partial charge >= 0.3 is 0 Å². The third kappa shape index (κ3) is 2.96. The Labute approximate surface area is 143 Å². The van der Waals surface area contributed by atoms with E-state index in [1.807, 2.05) is 27.7 Å². The predicted octanol–water partition coefficient (Wildman–Crippen LogP) is 2.64. The summed E-state index contributed by atoms with van der Waals surface area (Å²) in [7, 11) is -1.33. The predicted molar refractivity (Wildman–Crippen MR) is 99.1 cm³/mol. The Bertz CT molecular complexity index is 808. The smallest absolute Gasteiger partial charge is 0.241 e. The Morgan fingerprint density at radius 2 is 2.08 bits per heavy atom. The first kappa shape index (κ1) is 17.4. The number of rotatable bonds is 7. The van der Waals surface area contributed by atoms with Gasteiger partial charge in [-0.3, -0.25) is 4.79 Å². The van der Waals surface area contributed by atoms with Gasteiger partial charge in [0.2, 0.25) is 5.91 Å². The number of aliphatic hydroxyl groups is 1. The van der Waals surface area contributed by atoms with Gasteiger partial charge in [0.25, 0.3) is 0 Å². The van der Waals surface area contributed by atoms with Crippen LogP contribution in [0.15, 0.2) is 10.6 Å².